The van der Waals surface area contributed by atoms with E-state index in [1.807, 2.05) is 25.5 Å². The second-order valence-electron chi connectivity index (χ2n) is 6.27. The third-order valence-corrected chi connectivity index (χ3v) is 4.14. The van der Waals surface area contributed by atoms with Gasteiger partial charge in [0.2, 0.25) is 5.91 Å². The van der Waals surface area contributed by atoms with Gasteiger partial charge in [0.25, 0.3) is 0 Å². The molecule has 0 unspecified atom stereocenters. The van der Waals surface area contributed by atoms with Crippen LogP contribution in [0.15, 0.2) is 0 Å². The monoisotopic (exact) mass is 297 g/mol. The van der Waals surface area contributed by atoms with Gasteiger partial charge in [-0.1, -0.05) is 12.8 Å². The molecular weight excluding hydrogens is 274 g/mol. The van der Waals surface area contributed by atoms with Gasteiger partial charge in [0, 0.05) is 5.54 Å². The Kier molecular flexibility index (Phi) is 5.01. The highest BCUT2D eigenvalue weighted by molar-refractivity contribution is 7.99. The highest BCUT2D eigenvalue weighted by Crippen LogP contribution is 2.29. The smallest absolute Gasteiger partial charge is 0.230 e. The number of rotatable bonds is 5. The Hall–Kier alpha value is -1.11. The molecule has 6 nitrogen and oxygen atoms in total. The van der Waals surface area contributed by atoms with Gasteiger partial charge < -0.3 is 5.32 Å². The summed E-state index contributed by atoms with van der Waals surface area (Å²) in [5, 5.41) is 14.9. The van der Waals surface area contributed by atoms with Crippen LogP contribution in [0.25, 0.3) is 0 Å². The SMILES string of the molecule is CC(C)(C)NC(=O)CSCc1nnnn1C1CCCC1. The number of aromatic nitrogens is 4. The fourth-order valence-electron chi connectivity index (χ4n) is 2.43. The van der Waals surface area contributed by atoms with Crippen molar-refractivity contribution < 1.29 is 4.79 Å². The highest BCUT2D eigenvalue weighted by Gasteiger charge is 2.21. The first-order valence-corrected chi connectivity index (χ1v) is 8.27. The zero-order chi connectivity index (χ0) is 14.6. The lowest BCUT2D eigenvalue weighted by Crippen LogP contribution is -2.41. The van der Waals surface area contributed by atoms with E-state index in [-0.39, 0.29) is 11.4 Å². The molecule has 1 aromatic rings. The van der Waals surface area contributed by atoms with E-state index in [1.54, 1.807) is 11.8 Å². The molecule has 1 aliphatic carbocycles. The molecule has 1 fully saturated rings. The number of amides is 1. The van der Waals surface area contributed by atoms with Crippen molar-refractivity contribution in [3.8, 4) is 0 Å². The molecule has 1 amide bonds. The lowest BCUT2D eigenvalue weighted by Gasteiger charge is -2.20. The first-order valence-electron chi connectivity index (χ1n) is 7.11. The van der Waals surface area contributed by atoms with Crippen LogP contribution in [-0.4, -0.2) is 37.4 Å². The van der Waals surface area contributed by atoms with Crippen LogP contribution in [0.1, 0.15) is 58.3 Å². The zero-order valence-electron chi connectivity index (χ0n) is 12.4. The number of hydrogen-bond donors (Lipinski definition) is 1. The molecule has 7 heteroatoms. The van der Waals surface area contributed by atoms with Gasteiger partial charge in [-0.15, -0.1) is 16.9 Å². The first kappa shape index (κ1) is 15.3. The Morgan fingerprint density at radius 2 is 2.10 bits per heavy atom. The summed E-state index contributed by atoms with van der Waals surface area (Å²) in [6.07, 6.45) is 4.83. The van der Waals surface area contributed by atoms with Gasteiger partial charge in [0.15, 0.2) is 5.82 Å². The summed E-state index contributed by atoms with van der Waals surface area (Å²) >= 11 is 1.56. The van der Waals surface area contributed by atoms with Crippen LogP contribution in [0, 0.1) is 0 Å². The molecule has 2 rings (SSSR count). The molecule has 112 valence electrons. The fourth-order valence-corrected chi connectivity index (χ4v) is 3.16. The van der Waals surface area contributed by atoms with Gasteiger partial charge >= 0.3 is 0 Å². The molecule has 0 saturated heterocycles. The Morgan fingerprint density at radius 1 is 1.40 bits per heavy atom. The van der Waals surface area contributed by atoms with E-state index in [4.69, 9.17) is 0 Å². The van der Waals surface area contributed by atoms with Crippen molar-refractivity contribution in [2.75, 3.05) is 5.75 Å². The maximum atomic E-state index is 11.7. The largest absolute Gasteiger partial charge is 0.351 e. The maximum absolute atomic E-state index is 11.7. The van der Waals surface area contributed by atoms with Crippen LogP contribution < -0.4 is 5.32 Å². The number of carbonyl (C=O) groups excluding carboxylic acids is 1. The van der Waals surface area contributed by atoms with E-state index in [0.29, 0.717) is 17.5 Å². The Morgan fingerprint density at radius 3 is 2.75 bits per heavy atom. The molecule has 0 aliphatic heterocycles. The van der Waals surface area contributed by atoms with Crippen molar-refractivity contribution in [3.63, 3.8) is 0 Å². The Balaban J connectivity index is 1.80. The van der Waals surface area contributed by atoms with Crippen molar-refractivity contribution in [1.29, 1.82) is 0 Å². The van der Waals surface area contributed by atoms with Gasteiger partial charge in [0.1, 0.15) is 0 Å². The van der Waals surface area contributed by atoms with Crippen molar-refractivity contribution in [2.45, 2.75) is 63.8 Å². The Labute approximate surface area is 124 Å². The summed E-state index contributed by atoms with van der Waals surface area (Å²) in [5.74, 6) is 2.06. The minimum absolute atomic E-state index is 0.0578. The highest BCUT2D eigenvalue weighted by atomic mass is 32.2. The topological polar surface area (TPSA) is 72.7 Å². The molecule has 0 aromatic carbocycles. The fraction of sp³-hybridized carbons (Fsp3) is 0.846. The summed E-state index contributed by atoms with van der Waals surface area (Å²) in [6.45, 7) is 5.95. The van der Waals surface area contributed by atoms with E-state index in [9.17, 15) is 4.79 Å². The molecule has 1 saturated carbocycles. The van der Waals surface area contributed by atoms with Crippen molar-refractivity contribution in [2.24, 2.45) is 0 Å². The molecule has 0 spiro atoms. The number of nitrogens with zero attached hydrogens (tertiary/aromatic N) is 4. The quantitative estimate of drug-likeness (QED) is 0.899. The van der Waals surface area contributed by atoms with E-state index >= 15 is 0 Å². The van der Waals surface area contributed by atoms with Crippen LogP contribution in [0.4, 0.5) is 0 Å². The van der Waals surface area contributed by atoms with Crippen molar-refractivity contribution >= 4 is 17.7 Å². The molecule has 1 N–H and O–H groups in total. The number of carbonyl (C=O) groups is 1. The summed E-state index contributed by atoms with van der Waals surface area (Å²) < 4.78 is 1.95. The van der Waals surface area contributed by atoms with Crippen LogP contribution in [-0.2, 0) is 10.5 Å². The Bertz CT molecular complexity index is 448. The minimum Gasteiger partial charge on any atom is -0.351 e. The maximum Gasteiger partial charge on any atom is 0.230 e. The molecule has 1 aliphatic rings. The van der Waals surface area contributed by atoms with Crippen LogP contribution in [0.3, 0.4) is 0 Å². The second-order valence-corrected chi connectivity index (χ2v) is 7.25. The van der Waals surface area contributed by atoms with Crippen LogP contribution in [0.2, 0.25) is 0 Å². The van der Waals surface area contributed by atoms with Gasteiger partial charge in [-0.25, -0.2) is 4.68 Å². The van der Waals surface area contributed by atoms with E-state index < -0.39 is 0 Å². The van der Waals surface area contributed by atoms with Crippen LogP contribution in [0.5, 0.6) is 0 Å². The summed E-state index contributed by atoms with van der Waals surface area (Å²) in [6, 6.07) is 0.448. The lowest BCUT2D eigenvalue weighted by atomic mass is 10.1. The van der Waals surface area contributed by atoms with E-state index in [2.05, 4.69) is 20.8 Å². The molecule has 0 radical (unpaired) electrons. The van der Waals surface area contributed by atoms with Crippen molar-refractivity contribution in [1.82, 2.24) is 25.5 Å². The first-order chi connectivity index (χ1) is 9.46. The lowest BCUT2D eigenvalue weighted by molar-refractivity contribution is -0.119. The molecule has 1 heterocycles. The molecule has 0 atom stereocenters. The van der Waals surface area contributed by atoms with Crippen molar-refractivity contribution in [3.05, 3.63) is 5.82 Å². The van der Waals surface area contributed by atoms with Gasteiger partial charge in [0.05, 0.1) is 17.5 Å². The molecule has 0 bridgehead atoms. The zero-order valence-corrected chi connectivity index (χ0v) is 13.2. The third-order valence-electron chi connectivity index (χ3n) is 3.21. The normalized spacial score (nSPS) is 16.6. The number of nitrogens with one attached hydrogen (secondary N) is 1. The molecule has 1 aromatic heterocycles. The van der Waals surface area contributed by atoms with Gasteiger partial charge in [-0.3, -0.25) is 4.79 Å². The standard InChI is InChI=1S/C13H23N5OS/c1-13(2,3)14-12(19)9-20-8-11-15-16-17-18(11)10-6-4-5-7-10/h10H,4-9H2,1-3H3,(H,14,19). The average molecular weight is 297 g/mol. The summed E-state index contributed by atoms with van der Waals surface area (Å²) in [4.78, 5) is 11.7. The minimum atomic E-state index is -0.178. The average Bonchev–Trinajstić information content (AvgIpc) is 2.95. The van der Waals surface area contributed by atoms with E-state index in [1.165, 1.54) is 12.8 Å². The number of thioether (sulfide) groups is 1. The van der Waals surface area contributed by atoms with Gasteiger partial charge in [-0.05, 0) is 44.0 Å². The summed E-state index contributed by atoms with van der Waals surface area (Å²) in [7, 11) is 0. The van der Waals surface area contributed by atoms with Crippen LogP contribution >= 0.6 is 11.8 Å². The molecule has 20 heavy (non-hydrogen) atoms. The number of tetrazole rings is 1. The van der Waals surface area contributed by atoms with Gasteiger partial charge in [-0.2, -0.15) is 0 Å². The number of hydrogen-bond acceptors (Lipinski definition) is 5. The third kappa shape index (κ3) is 4.47. The predicted molar refractivity (Wildman–Crippen MR) is 79.4 cm³/mol. The summed E-state index contributed by atoms with van der Waals surface area (Å²) in [5.41, 5.74) is -0.178. The molecular formula is C13H23N5OS. The predicted octanol–water partition coefficient (Wildman–Crippen LogP) is 1.94. The van der Waals surface area contributed by atoms with E-state index in [0.717, 1.165) is 18.7 Å². The second kappa shape index (κ2) is 6.56.